The molecule has 8 N–H and O–H groups in total. The number of carbonyl (C=O) groups is 1. The molecule has 2 aromatic rings. The fourth-order valence-corrected chi connectivity index (χ4v) is 3.06. The van der Waals surface area contributed by atoms with Crippen LogP contribution in [0.5, 0.6) is 28.7 Å². The molecule has 32 heavy (non-hydrogen) atoms. The van der Waals surface area contributed by atoms with E-state index in [1.54, 1.807) is 0 Å². The first kappa shape index (κ1) is 23.3. The topological polar surface area (TPSA) is 197 Å². The Morgan fingerprint density at radius 2 is 1.62 bits per heavy atom. The minimum atomic E-state index is -1.80. The molecule has 0 amide bonds. The first-order valence-electron chi connectivity index (χ1n) is 9.40. The van der Waals surface area contributed by atoms with Crippen molar-refractivity contribution in [1.82, 2.24) is 0 Å². The van der Waals surface area contributed by atoms with Crippen molar-refractivity contribution >= 4 is 11.9 Å². The molecule has 1 aliphatic rings. The number of ether oxygens (including phenoxy) is 2. The summed E-state index contributed by atoms with van der Waals surface area (Å²) in [5.41, 5.74) is 0.0892. The number of phenolic OH excluding ortho intramolecular Hbond substituents is 4. The van der Waals surface area contributed by atoms with Gasteiger partial charge in [0, 0.05) is 0 Å². The zero-order valence-electron chi connectivity index (χ0n) is 16.4. The van der Waals surface area contributed by atoms with E-state index in [4.69, 9.17) is 9.47 Å². The summed E-state index contributed by atoms with van der Waals surface area (Å²) in [5.74, 6) is -3.46. The molecule has 1 aliphatic heterocycles. The summed E-state index contributed by atoms with van der Waals surface area (Å²) in [6, 6.07) is 6.04. The molecule has 11 nitrogen and oxygen atoms in total. The first-order valence-corrected chi connectivity index (χ1v) is 9.40. The maximum Gasteiger partial charge on any atom is 0.229 e. The molecule has 0 spiro atoms. The molecular weight excluding hydrogens is 428 g/mol. The third-order valence-corrected chi connectivity index (χ3v) is 4.89. The van der Waals surface area contributed by atoms with E-state index in [2.05, 4.69) is 0 Å². The van der Waals surface area contributed by atoms with Crippen molar-refractivity contribution in [3.63, 3.8) is 0 Å². The summed E-state index contributed by atoms with van der Waals surface area (Å²) in [7, 11) is 0. The minimum absolute atomic E-state index is 0.290. The summed E-state index contributed by atoms with van der Waals surface area (Å²) in [5, 5.41) is 78.3. The van der Waals surface area contributed by atoms with Crippen LogP contribution in [0.25, 0.3) is 6.08 Å². The number of allylic oxidation sites excluding steroid dienone is 1. The van der Waals surface area contributed by atoms with Gasteiger partial charge in [-0.3, -0.25) is 4.79 Å². The van der Waals surface area contributed by atoms with Gasteiger partial charge in [0.1, 0.15) is 24.4 Å². The Kier molecular flexibility index (Phi) is 6.87. The van der Waals surface area contributed by atoms with E-state index in [1.165, 1.54) is 24.3 Å². The Labute approximate surface area is 181 Å². The van der Waals surface area contributed by atoms with Crippen molar-refractivity contribution < 1.29 is 55.1 Å². The van der Waals surface area contributed by atoms with Gasteiger partial charge in [-0.15, -0.1) is 0 Å². The molecular formula is C21H22O11. The third-order valence-electron chi connectivity index (χ3n) is 4.89. The number of hydrogen-bond donors (Lipinski definition) is 8. The number of ketones is 1. The van der Waals surface area contributed by atoms with Crippen LogP contribution in [0.15, 0.2) is 36.4 Å². The molecule has 172 valence electrons. The van der Waals surface area contributed by atoms with Crippen LogP contribution in [0.3, 0.4) is 0 Å². The van der Waals surface area contributed by atoms with E-state index in [9.17, 15) is 45.6 Å². The smallest absolute Gasteiger partial charge is 0.229 e. The Morgan fingerprint density at radius 1 is 0.938 bits per heavy atom. The van der Waals surface area contributed by atoms with E-state index >= 15 is 0 Å². The van der Waals surface area contributed by atoms with Crippen LogP contribution in [0, 0.1) is 0 Å². The van der Waals surface area contributed by atoms with Gasteiger partial charge in [-0.05, 0) is 35.9 Å². The zero-order valence-corrected chi connectivity index (χ0v) is 16.4. The fraction of sp³-hybridized carbons (Fsp3) is 0.286. The van der Waals surface area contributed by atoms with Gasteiger partial charge in [-0.1, -0.05) is 12.1 Å². The number of aromatic hydroxyl groups is 4. The summed E-state index contributed by atoms with van der Waals surface area (Å²) < 4.78 is 10.4. The maximum absolute atomic E-state index is 12.5. The van der Waals surface area contributed by atoms with Gasteiger partial charge in [0.05, 0.1) is 12.2 Å². The third kappa shape index (κ3) is 4.61. The predicted octanol–water partition coefficient (Wildman–Crippen LogP) is -0.416. The molecule has 0 bridgehead atoms. The van der Waals surface area contributed by atoms with Gasteiger partial charge in [0.2, 0.25) is 12.0 Å². The van der Waals surface area contributed by atoms with E-state index in [0.717, 1.165) is 18.2 Å². The normalized spacial score (nSPS) is 25.7. The van der Waals surface area contributed by atoms with Crippen LogP contribution < -0.4 is 4.74 Å². The molecule has 1 fully saturated rings. The molecule has 1 saturated heterocycles. The van der Waals surface area contributed by atoms with Gasteiger partial charge in [0.25, 0.3) is 0 Å². The van der Waals surface area contributed by atoms with Crippen LogP contribution in [-0.2, 0) is 4.74 Å². The quantitative estimate of drug-likeness (QED) is 0.162. The number of aliphatic hydroxyl groups excluding tert-OH is 4. The van der Waals surface area contributed by atoms with E-state index in [0.29, 0.717) is 5.56 Å². The van der Waals surface area contributed by atoms with Crippen molar-refractivity contribution in [1.29, 1.82) is 0 Å². The van der Waals surface area contributed by atoms with Gasteiger partial charge < -0.3 is 50.3 Å². The van der Waals surface area contributed by atoms with Gasteiger partial charge in [0.15, 0.2) is 28.8 Å². The van der Waals surface area contributed by atoms with Crippen molar-refractivity contribution in [2.24, 2.45) is 0 Å². The SMILES string of the molecule is O=C(/C=C/c1ccc(O)c(O)c1)c1ccc(O)c(O[C@H]2O[C@H](CO)[C@H](O)[C@@H](O)[C@H]2O)c1O. The second kappa shape index (κ2) is 9.42. The van der Waals surface area contributed by atoms with Crippen LogP contribution in [-0.4, -0.2) is 83.9 Å². The minimum Gasteiger partial charge on any atom is -0.504 e. The monoisotopic (exact) mass is 450 g/mol. The Balaban J connectivity index is 1.84. The molecule has 3 rings (SSSR count). The van der Waals surface area contributed by atoms with Crippen LogP contribution in [0.4, 0.5) is 0 Å². The molecule has 5 atom stereocenters. The number of rotatable bonds is 6. The van der Waals surface area contributed by atoms with Crippen molar-refractivity contribution in [3.05, 3.63) is 47.5 Å². The van der Waals surface area contributed by atoms with E-state index in [-0.39, 0.29) is 17.1 Å². The summed E-state index contributed by atoms with van der Waals surface area (Å²) >= 11 is 0. The summed E-state index contributed by atoms with van der Waals surface area (Å²) in [4.78, 5) is 12.5. The van der Waals surface area contributed by atoms with Crippen molar-refractivity contribution in [2.45, 2.75) is 30.7 Å². The molecule has 11 heteroatoms. The molecule has 2 aromatic carbocycles. The zero-order chi connectivity index (χ0) is 23.6. The number of aliphatic hydroxyl groups is 4. The summed E-state index contributed by atoms with van der Waals surface area (Å²) in [6.07, 6.45) is -5.77. The Hall–Kier alpha value is -3.35. The lowest BCUT2D eigenvalue weighted by Crippen LogP contribution is -2.60. The van der Waals surface area contributed by atoms with Gasteiger partial charge in [-0.25, -0.2) is 0 Å². The van der Waals surface area contributed by atoms with Gasteiger partial charge >= 0.3 is 0 Å². The standard InChI is InChI=1S/C21H22O11/c22-8-15-17(28)18(29)19(30)21(31-15)32-20-13(25)6-3-10(16(20)27)11(23)4-1-9-2-5-12(24)14(26)7-9/h1-7,15,17-19,21-22,24-30H,8H2/b4-1+/t15-,17+,18-,19-,21-/m1/s1. The molecule has 0 aliphatic carbocycles. The molecule has 1 heterocycles. The fourth-order valence-electron chi connectivity index (χ4n) is 3.06. The molecule has 0 unspecified atom stereocenters. The van der Waals surface area contributed by atoms with E-state index < -0.39 is 60.3 Å². The van der Waals surface area contributed by atoms with Gasteiger partial charge in [-0.2, -0.15) is 0 Å². The first-order chi connectivity index (χ1) is 15.1. The second-order valence-corrected chi connectivity index (χ2v) is 7.07. The highest BCUT2D eigenvalue weighted by Crippen LogP contribution is 2.40. The molecule has 0 radical (unpaired) electrons. The molecule has 0 aromatic heterocycles. The highest BCUT2D eigenvalue weighted by atomic mass is 16.7. The Bertz CT molecular complexity index is 1020. The lowest BCUT2D eigenvalue weighted by atomic mass is 9.99. The average molecular weight is 450 g/mol. The predicted molar refractivity (Wildman–Crippen MR) is 107 cm³/mol. The van der Waals surface area contributed by atoms with E-state index in [1.807, 2.05) is 0 Å². The number of phenols is 4. The van der Waals surface area contributed by atoms with Crippen molar-refractivity contribution in [2.75, 3.05) is 6.61 Å². The number of benzene rings is 2. The summed E-state index contributed by atoms with van der Waals surface area (Å²) in [6.45, 7) is -0.709. The van der Waals surface area contributed by atoms with Crippen LogP contribution in [0.1, 0.15) is 15.9 Å². The average Bonchev–Trinajstić information content (AvgIpc) is 2.77. The van der Waals surface area contributed by atoms with Crippen LogP contribution in [0.2, 0.25) is 0 Å². The second-order valence-electron chi connectivity index (χ2n) is 7.07. The van der Waals surface area contributed by atoms with Crippen LogP contribution >= 0.6 is 0 Å². The highest BCUT2D eigenvalue weighted by molar-refractivity contribution is 6.09. The highest BCUT2D eigenvalue weighted by Gasteiger charge is 2.45. The number of carbonyl (C=O) groups excluding carboxylic acids is 1. The lowest BCUT2D eigenvalue weighted by molar-refractivity contribution is -0.277. The van der Waals surface area contributed by atoms with Crippen molar-refractivity contribution in [3.8, 4) is 28.7 Å². The number of hydrogen-bond acceptors (Lipinski definition) is 11. The largest absolute Gasteiger partial charge is 0.504 e. The maximum atomic E-state index is 12.5. The Morgan fingerprint density at radius 3 is 2.28 bits per heavy atom. The lowest BCUT2D eigenvalue weighted by Gasteiger charge is -2.39. The molecule has 0 saturated carbocycles.